The van der Waals surface area contributed by atoms with Crippen LogP contribution in [0.3, 0.4) is 0 Å². The van der Waals surface area contributed by atoms with Crippen LogP contribution < -0.4 is 10.5 Å². The molecule has 0 bridgehead atoms. The molecule has 0 aliphatic heterocycles. The van der Waals surface area contributed by atoms with E-state index in [1.807, 2.05) is 6.07 Å². The first-order valence-corrected chi connectivity index (χ1v) is 7.15. The number of anilines is 1. The molecular formula is C14H12Cl2N4O2. The van der Waals surface area contributed by atoms with Gasteiger partial charge in [0.05, 0.1) is 10.5 Å². The number of ether oxygens (including phenoxy) is 1. The number of aromatic nitrogens is 3. The van der Waals surface area contributed by atoms with Gasteiger partial charge in [-0.3, -0.25) is 0 Å². The highest BCUT2D eigenvalue weighted by molar-refractivity contribution is 6.44. The number of aliphatic hydroxyl groups excluding tert-OH is 1. The van der Waals surface area contributed by atoms with Crippen LogP contribution in [-0.4, -0.2) is 20.1 Å². The Morgan fingerprint density at radius 1 is 1.36 bits per heavy atom. The number of halogens is 2. The third-order valence-electron chi connectivity index (χ3n) is 3.12. The van der Waals surface area contributed by atoms with Gasteiger partial charge in [0, 0.05) is 11.8 Å². The van der Waals surface area contributed by atoms with Crippen molar-refractivity contribution in [2.24, 2.45) is 0 Å². The van der Waals surface area contributed by atoms with Gasteiger partial charge in [0.15, 0.2) is 5.75 Å². The van der Waals surface area contributed by atoms with E-state index in [-0.39, 0.29) is 18.2 Å². The first-order chi connectivity index (χ1) is 10.6. The molecule has 0 saturated heterocycles. The summed E-state index contributed by atoms with van der Waals surface area (Å²) in [5.41, 5.74) is 7.65. The summed E-state index contributed by atoms with van der Waals surface area (Å²) in [4.78, 5) is 11.2. The number of fused-ring (bicyclic) bond motifs is 1. The number of benzene rings is 1. The molecule has 0 amide bonds. The number of nitrogens with two attached hydrogens (primary N) is 1. The van der Waals surface area contributed by atoms with E-state index in [9.17, 15) is 5.11 Å². The van der Waals surface area contributed by atoms with E-state index in [0.29, 0.717) is 33.4 Å². The van der Waals surface area contributed by atoms with E-state index < -0.39 is 0 Å². The van der Waals surface area contributed by atoms with Crippen LogP contribution in [0.25, 0.3) is 11.0 Å². The highest BCUT2D eigenvalue weighted by Crippen LogP contribution is 2.38. The molecule has 0 fully saturated rings. The number of nitrogens with zero attached hydrogens (tertiary/aromatic N) is 2. The van der Waals surface area contributed by atoms with E-state index in [0.717, 1.165) is 5.56 Å². The number of rotatable bonds is 4. The normalized spacial score (nSPS) is 11.0. The van der Waals surface area contributed by atoms with Gasteiger partial charge >= 0.3 is 0 Å². The third kappa shape index (κ3) is 2.68. The third-order valence-corrected chi connectivity index (χ3v) is 3.89. The molecule has 0 unspecified atom stereocenters. The highest BCUT2D eigenvalue weighted by Gasteiger charge is 2.16. The average Bonchev–Trinajstić information content (AvgIpc) is 2.92. The van der Waals surface area contributed by atoms with Crippen LogP contribution in [0.2, 0.25) is 10.0 Å². The van der Waals surface area contributed by atoms with E-state index in [4.69, 9.17) is 33.7 Å². The minimum absolute atomic E-state index is 0.177. The second kappa shape index (κ2) is 6.00. The van der Waals surface area contributed by atoms with Gasteiger partial charge in [0.1, 0.15) is 35.4 Å². The fraction of sp³-hybridized carbons (Fsp3) is 0.143. The molecular weight excluding hydrogens is 327 g/mol. The Labute approximate surface area is 135 Å². The molecule has 2 aromatic heterocycles. The number of H-pyrrole nitrogens is 1. The Morgan fingerprint density at radius 2 is 2.18 bits per heavy atom. The Balaban J connectivity index is 2.00. The van der Waals surface area contributed by atoms with Gasteiger partial charge in [-0.1, -0.05) is 29.3 Å². The lowest BCUT2D eigenvalue weighted by atomic mass is 10.2. The van der Waals surface area contributed by atoms with Crippen LogP contribution in [0.4, 0.5) is 5.82 Å². The van der Waals surface area contributed by atoms with Crippen LogP contribution in [0.5, 0.6) is 5.75 Å². The maximum atomic E-state index is 9.19. The van der Waals surface area contributed by atoms with Crippen molar-refractivity contribution < 1.29 is 9.84 Å². The lowest BCUT2D eigenvalue weighted by Crippen LogP contribution is -2.02. The zero-order valence-corrected chi connectivity index (χ0v) is 12.8. The number of aliphatic hydroxyl groups is 1. The molecule has 0 aliphatic rings. The Bertz CT molecular complexity index is 835. The predicted molar refractivity (Wildman–Crippen MR) is 85.0 cm³/mol. The molecule has 0 spiro atoms. The largest absolute Gasteiger partial charge is 0.485 e. The van der Waals surface area contributed by atoms with Gasteiger partial charge in [0.2, 0.25) is 0 Å². The van der Waals surface area contributed by atoms with Gasteiger partial charge in [-0.25, -0.2) is 9.97 Å². The van der Waals surface area contributed by atoms with Crippen molar-refractivity contribution in [2.75, 3.05) is 5.73 Å². The van der Waals surface area contributed by atoms with E-state index in [2.05, 4.69) is 15.0 Å². The van der Waals surface area contributed by atoms with Crippen molar-refractivity contribution in [1.82, 2.24) is 15.0 Å². The van der Waals surface area contributed by atoms with Crippen LogP contribution >= 0.6 is 23.2 Å². The number of imidazole rings is 1. The maximum Gasteiger partial charge on any atom is 0.167 e. The lowest BCUT2D eigenvalue weighted by Gasteiger charge is -2.10. The second-order valence-corrected chi connectivity index (χ2v) is 5.36. The summed E-state index contributed by atoms with van der Waals surface area (Å²) in [5.74, 6) is 1.12. The molecule has 3 rings (SSSR count). The molecule has 0 aliphatic carbocycles. The summed E-state index contributed by atoms with van der Waals surface area (Å²) in [5, 5.41) is 9.77. The first kappa shape index (κ1) is 14.9. The van der Waals surface area contributed by atoms with Gasteiger partial charge in [-0.15, -0.1) is 0 Å². The van der Waals surface area contributed by atoms with Gasteiger partial charge in [0.25, 0.3) is 0 Å². The molecule has 0 saturated carbocycles. The molecule has 4 N–H and O–H groups in total. The first-order valence-electron chi connectivity index (χ1n) is 6.39. The number of hydrogen-bond donors (Lipinski definition) is 3. The monoisotopic (exact) mass is 338 g/mol. The topological polar surface area (TPSA) is 97.0 Å². The Hall–Kier alpha value is -2.02. The predicted octanol–water partition coefficient (Wildman–Crippen LogP) is 2.92. The number of pyridine rings is 1. The van der Waals surface area contributed by atoms with Crippen LogP contribution in [0, 0.1) is 0 Å². The van der Waals surface area contributed by atoms with E-state index in [1.165, 1.54) is 0 Å². The molecule has 1 aromatic carbocycles. The number of nitrogen functional groups attached to an aromatic ring is 1. The average molecular weight is 339 g/mol. The zero-order valence-electron chi connectivity index (χ0n) is 11.3. The highest BCUT2D eigenvalue weighted by atomic mass is 35.5. The van der Waals surface area contributed by atoms with Gasteiger partial charge in [-0.2, -0.15) is 0 Å². The van der Waals surface area contributed by atoms with Crippen molar-refractivity contribution in [2.45, 2.75) is 13.2 Å². The van der Waals surface area contributed by atoms with Crippen molar-refractivity contribution >= 4 is 40.1 Å². The molecule has 0 atom stereocenters. The quantitative estimate of drug-likeness (QED) is 0.679. The molecule has 6 nitrogen and oxygen atoms in total. The standard InChI is InChI=1S/C14H12Cl2N4O2/c15-8-4-9-12(20-10(5-21)19-9)13(11(8)16)22-6-7-2-1-3-18-14(7)17/h1-4,21H,5-6H2,(H2,17,18)(H,19,20). The number of hydrogen-bond acceptors (Lipinski definition) is 5. The minimum atomic E-state index is -0.223. The van der Waals surface area contributed by atoms with Gasteiger partial charge in [-0.05, 0) is 12.1 Å². The van der Waals surface area contributed by atoms with Crippen molar-refractivity contribution in [1.29, 1.82) is 0 Å². The molecule has 114 valence electrons. The van der Waals surface area contributed by atoms with E-state index in [1.54, 1.807) is 18.3 Å². The molecule has 22 heavy (non-hydrogen) atoms. The van der Waals surface area contributed by atoms with E-state index >= 15 is 0 Å². The van der Waals surface area contributed by atoms with Crippen LogP contribution in [-0.2, 0) is 13.2 Å². The van der Waals surface area contributed by atoms with Crippen LogP contribution in [0.1, 0.15) is 11.4 Å². The summed E-state index contributed by atoms with van der Waals surface area (Å²) in [7, 11) is 0. The molecule has 0 radical (unpaired) electrons. The summed E-state index contributed by atoms with van der Waals surface area (Å²) >= 11 is 12.3. The molecule has 3 aromatic rings. The second-order valence-electron chi connectivity index (χ2n) is 4.58. The Kier molecular flexibility index (Phi) is 4.06. The van der Waals surface area contributed by atoms with Crippen molar-refractivity contribution in [3.8, 4) is 5.75 Å². The molecule has 8 heteroatoms. The fourth-order valence-corrected chi connectivity index (χ4v) is 2.44. The number of nitrogens with one attached hydrogen (secondary N) is 1. The summed E-state index contributed by atoms with van der Waals surface area (Å²) in [6.45, 7) is -0.0466. The summed E-state index contributed by atoms with van der Waals surface area (Å²) in [6, 6.07) is 5.21. The van der Waals surface area contributed by atoms with Crippen molar-refractivity contribution in [3.63, 3.8) is 0 Å². The summed E-state index contributed by atoms with van der Waals surface area (Å²) < 4.78 is 5.76. The smallest absolute Gasteiger partial charge is 0.167 e. The van der Waals surface area contributed by atoms with Crippen molar-refractivity contribution in [3.05, 3.63) is 45.8 Å². The fourth-order valence-electron chi connectivity index (χ4n) is 2.05. The molecule has 2 heterocycles. The van der Waals surface area contributed by atoms with Gasteiger partial charge < -0.3 is 20.6 Å². The Morgan fingerprint density at radius 3 is 2.91 bits per heavy atom. The number of aromatic amines is 1. The zero-order chi connectivity index (χ0) is 15.7. The lowest BCUT2D eigenvalue weighted by molar-refractivity contribution is 0.273. The van der Waals surface area contributed by atoms with Crippen LogP contribution in [0.15, 0.2) is 24.4 Å². The maximum absolute atomic E-state index is 9.19. The SMILES string of the molecule is Nc1ncccc1COc1c(Cl)c(Cl)cc2[nH]c(CO)nc12. The minimum Gasteiger partial charge on any atom is -0.485 e. The summed E-state index contributed by atoms with van der Waals surface area (Å²) in [6.07, 6.45) is 1.60.